The average molecular weight is 524 g/mol. The second kappa shape index (κ2) is 10.6. The van der Waals surface area contributed by atoms with Gasteiger partial charge in [-0.25, -0.2) is 9.67 Å². The molecule has 8 nitrogen and oxygen atoms in total. The van der Waals surface area contributed by atoms with Crippen molar-refractivity contribution in [3.8, 4) is 0 Å². The molecule has 5 aliphatic rings. The number of carboxylic acids is 1. The van der Waals surface area contributed by atoms with E-state index in [0.29, 0.717) is 18.7 Å². The molecule has 1 atom stereocenters. The van der Waals surface area contributed by atoms with E-state index in [-0.39, 0.29) is 18.2 Å². The first-order chi connectivity index (χ1) is 19.0. The van der Waals surface area contributed by atoms with Crippen LogP contribution in [-0.4, -0.2) is 48.4 Å². The lowest BCUT2D eigenvalue weighted by molar-refractivity contribution is -0.137. The third-order valence-electron chi connectivity index (χ3n) is 8.30. The third kappa shape index (κ3) is 5.03. The smallest absolute Gasteiger partial charge is 0.304 e. The molecule has 0 saturated carbocycles. The minimum absolute atomic E-state index is 0.0374. The van der Waals surface area contributed by atoms with Crippen LogP contribution in [0.1, 0.15) is 81.8 Å². The van der Waals surface area contributed by atoms with Crippen molar-refractivity contribution < 1.29 is 14.7 Å². The Labute approximate surface area is 227 Å². The molecule has 0 saturated heterocycles. The Balaban J connectivity index is 1.41. The van der Waals surface area contributed by atoms with Gasteiger partial charge in [0.05, 0.1) is 6.42 Å². The van der Waals surface area contributed by atoms with E-state index >= 15 is 0 Å². The number of rotatable bonds is 2. The van der Waals surface area contributed by atoms with Crippen LogP contribution in [0.2, 0.25) is 0 Å². The van der Waals surface area contributed by atoms with E-state index in [0.717, 1.165) is 78.5 Å². The van der Waals surface area contributed by atoms with Gasteiger partial charge in [0.25, 0.3) is 5.91 Å². The van der Waals surface area contributed by atoms with Crippen LogP contribution >= 0.6 is 0 Å². The van der Waals surface area contributed by atoms with Crippen LogP contribution < -0.4 is 0 Å². The molecule has 0 fully saturated rings. The highest BCUT2D eigenvalue weighted by atomic mass is 16.4. The van der Waals surface area contributed by atoms with Crippen molar-refractivity contribution in [1.29, 1.82) is 0 Å². The fraction of sp³-hybridized carbons (Fsp3) is 0.387. The zero-order valence-corrected chi connectivity index (χ0v) is 22.3. The number of benzene rings is 2. The summed E-state index contributed by atoms with van der Waals surface area (Å²) in [7, 11) is 0. The zero-order valence-electron chi connectivity index (χ0n) is 22.3. The largest absolute Gasteiger partial charge is 0.481 e. The lowest BCUT2D eigenvalue weighted by Crippen LogP contribution is -2.36. The number of pyridine rings is 1. The van der Waals surface area contributed by atoms with Crippen molar-refractivity contribution in [1.82, 2.24) is 24.9 Å². The summed E-state index contributed by atoms with van der Waals surface area (Å²) in [6.07, 6.45) is 7.81. The SMILES string of the molecule is Cc1c2cnc3c1nnn3CCCCCCc1ccc(cc1)C(=O)N1CCc3ccc(cc3C1)[C@@H]2CC(=O)O. The number of aryl methyl sites for hydroxylation is 3. The van der Waals surface area contributed by atoms with Crippen molar-refractivity contribution in [2.45, 2.75) is 70.9 Å². The summed E-state index contributed by atoms with van der Waals surface area (Å²) in [5.74, 6) is -1.22. The molecule has 2 aromatic heterocycles. The van der Waals surface area contributed by atoms with Gasteiger partial charge in [-0.2, -0.15) is 0 Å². The topological polar surface area (TPSA) is 101 Å². The van der Waals surface area contributed by atoms with Crippen molar-refractivity contribution in [3.63, 3.8) is 0 Å². The molecule has 39 heavy (non-hydrogen) atoms. The minimum Gasteiger partial charge on any atom is -0.481 e. The zero-order chi connectivity index (χ0) is 26.9. The normalized spacial score (nSPS) is 18.0. The highest BCUT2D eigenvalue weighted by Crippen LogP contribution is 2.34. The van der Waals surface area contributed by atoms with E-state index in [1.807, 2.05) is 34.7 Å². The van der Waals surface area contributed by atoms with Gasteiger partial charge in [-0.05, 0) is 78.1 Å². The Bertz CT molecular complexity index is 1540. The van der Waals surface area contributed by atoms with Crippen molar-refractivity contribution in [2.24, 2.45) is 0 Å². The maximum Gasteiger partial charge on any atom is 0.304 e. The van der Waals surface area contributed by atoms with Crippen LogP contribution in [0.5, 0.6) is 0 Å². The number of hydrogen-bond acceptors (Lipinski definition) is 5. The summed E-state index contributed by atoms with van der Waals surface area (Å²) in [5.41, 5.74) is 8.38. The highest BCUT2D eigenvalue weighted by Gasteiger charge is 2.26. The third-order valence-corrected chi connectivity index (χ3v) is 8.30. The van der Waals surface area contributed by atoms with Gasteiger partial charge in [-0.1, -0.05) is 48.4 Å². The Morgan fingerprint density at radius 1 is 1.00 bits per heavy atom. The van der Waals surface area contributed by atoms with Gasteiger partial charge in [-0.3, -0.25) is 9.59 Å². The molecule has 9 rings (SSSR count). The van der Waals surface area contributed by atoms with E-state index in [2.05, 4.69) is 34.6 Å². The molecule has 1 amide bonds. The maximum absolute atomic E-state index is 13.4. The minimum atomic E-state index is -0.873. The number of aromatic nitrogens is 4. The first-order valence-electron chi connectivity index (χ1n) is 13.9. The van der Waals surface area contributed by atoms with Crippen LogP contribution in [0.25, 0.3) is 11.2 Å². The standard InChI is InChI=1S/C31H33N5O3/c1-20-27-18-32-30-29(20)33-34-36(30)14-5-3-2-4-6-21-7-9-23(10-8-21)31(39)35-15-13-22-11-12-24(16-25(22)19-35)26(27)17-28(37)38/h7-12,16,18,26H,2-6,13-15,17,19H2,1H3,(H,37,38)/t26-/m0/s1. The molecule has 1 N–H and O–H groups in total. The summed E-state index contributed by atoms with van der Waals surface area (Å²) in [6.45, 7) is 3.91. The summed E-state index contributed by atoms with van der Waals surface area (Å²) < 4.78 is 1.87. The molecule has 7 heterocycles. The summed E-state index contributed by atoms with van der Waals surface area (Å²) in [4.78, 5) is 32.0. The first-order valence-corrected chi connectivity index (χ1v) is 13.9. The second-order valence-corrected chi connectivity index (χ2v) is 10.8. The summed E-state index contributed by atoms with van der Waals surface area (Å²) in [5, 5.41) is 18.7. The first kappa shape index (κ1) is 25.2. The van der Waals surface area contributed by atoms with Crippen molar-refractivity contribution >= 4 is 23.0 Å². The molecule has 200 valence electrons. The van der Waals surface area contributed by atoms with Gasteiger partial charge in [0, 0.05) is 37.3 Å². The van der Waals surface area contributed by atoms with Gasteiger partial charge in [0.2, 0.25) is 0 Å². The lowest BCUT2D eigenvalue weighted by atomic mass is 9.84. The molecule has 5 aliphatic heterocycles. The molecule has 0 radical (unpaired) electrons. The molecule has 8 heteroatoms. The molecule has 0 unspecified atom stereocenters. The molecule has 9 bridgehead atoms. The fourth-order valence-electron chi connectivity index (χ4n) is 6.03. The van der Waals surface area contributed by atoms with Gasteiger partial charge in [0.15, 0.2) is 5.65 Å². The van der Waals surface area contributed by atoms with E-state index in [1.165, 1.54) is 11.1 Å². The fourth-order valence-corrected chi connectivity index (χ4v) is 6.03. The highest BCUT2D eigenvalue weighted by molar-refractivity contribution is 5.94. The van der Waals surface area contributed by atoms with E-state index in [9.17, 15) is 14.7 Å². The van der Waals surface area contributed by atoms with Gasteiger partial charge in [-0.15, -0.1) is 5.10 Å². The van der Waals surface area contributed by atoms with Gasteiger partial charge in [0.1, 0.15) is 5.52 Å². The van der Waals surface area contributed by atoms with Gasteiger partial charge >= 0.3 is 5.97 Å². The van der Waals surface area contributed by atoms with Crippen LogP contribution in [0.3, 0.4) is 0 Å². The van der Waals surface area contributed by atoms with Crippen LogP contribution in [0, 0.1) is 6.92 Å². The molecule has 2 aromatic carbocycles. The quantitative estimate of drug-likeness (QED) is 0.394. The van der Waals surface area contributed by atoms with Crippen molar-refractivity contribution in [2.75, 3.05) is 6.54 Å². The van der Waals surface area contributed by atoms with E-state index in [4.69, 9.17) is 4.98 Å². The van der Waals surface area contributed by atoms with E-state index in [1.54, 1.807) is 6.20 Å². The Morgan fingerprint density at radius 3 is 2.64 bits per heavy atom. The van der Waals surface area contributed by atoms with Crippen LogP contribution in [0.4, 0.5) is 0 Å². The van der Waals surface area contributed by atoms with Gasteiger partial charge < -0.3 is 10.0 Å². The van der Waals surface area contributed by atoms with Crippen LogP contribution in [0.15, 0.2) is 48.7 Å². The Kier molecular flexibility index (Phi) is 6.85. The van der Waals surface area contributed by atoms with Crippen LogP contribution in [-0.2, 0) is 30.7 Å². The monoisotopic (exact) mass is 523 g/mol. The van der Waals surface area contributed by atoms with E-state index < -0.39 is 5.97 Å². The molecular formula is C31H33N5O3. The number of hydrogen-bond donors (Lipinski definition) is 1. The number of carboxylic acid groups (broad SMARTS) is 1. The summed E-state index contributed by atoms with van der Waals surface area (Å²) >= 11 is 0. The number of aliphatic carboxylic acids is 1. The molecule has 0 aliphatic carbocycles. The predicted molar refractivity (Wildman–Crippen MR) is 148 cm³/mol. The number of carbonyl (C=O) groups is 2. The molecule has 4 aromatic rings. The predicted octanol–water partition coefficient (Wildman–Crippen LogP) is 5.06. The Hall–Kier alpha value is -4.07. The average Bonchev–Trinajstić information content (AvgIpc) is 3.36. The lowest BCUT2D eigenvalue weighted by Gasteiger charge is -2.30. The maximum atomic E-state index is 13.4. The number of amides is 1. The second-order valence-electron chi connectivity index (χ2n) is 10.8. The molecular weight excluding hydrogens is 490 g/mol. The Morgan fingerprint density at radius 2 is 1.82 bits per heavy atom. The summed E-state index contributed by atoms with van der Waals surface area (Å²) in [6, 6.07) is 14.3. The van der Waals surface area contributed by atoms with Crippen molar-refractivity contribution in [3.05, 3.63) is 87.6 Å². The number of carbonyl (C=O) groups excluding carboxylic acids is 1. The molecule has 0 spiro atoms. The number of nitrogens with zero attached hydrogens (tertiary/aromatic N) is 5.